The number of benzene rings is 1. The fourth-order valence-electron chi connectivity index (χ4n) is 2.27. The maximum atomic E-state index is 12.0. The van der Waals surface area contributed by atoms with Crippen LogP contribution in [0.25, 0.3) is 0 Å². The molecule has 3 rings (SSSR count). The molecule has 0 unspecified atom stereocenters. The van der Waals surface area contributed by atoms with Crippen molar-refractivity contribution in [3.63, 3.8) is 0 Å². The van der Waals surface area contributed by atoms with Gasteiger partial charge in [-0.25, -0.2) is 4.98 Å². The number of nitrogens with zero attached hydrogens (tertiary/aromatic N) is 3. The second-order valence-electron chi connectivity index (χ2n) is 5.18. The molecular weight excluding hydrogens is 336 g/mol. The predicted octanol–water partition coefficient (Wildman–Crippen LogP) is 2.75. The molecule has 8 heteroatoms. The Hall–Kier alpha value is -1.73. The molecule has 122 valence electrons. The summed E-state index contributed by atoms with van der Waals surface area (Å²) in [4.78, 5) is 18.2. The SMILES string of the molecule is O=C(CSc1n[nH]c(COc2ccc(Cl)cc2)n1)N1CCCC1. The van der Waals surface area contributed by atoms with Crippen LogP contribution in [0.1, 0.15) is 18.7 Å². The Bertz CT molecular complexity index is 656. The van der Waals surface area contributed by atoms with Crippen LogP contribution in [0.2, 0.25) is 5.02 Å². The molecule has 1 aliphatic rings. The number of thioether (sulfide) groups is 1. The maximum Gasteiger partial charge on any atom is 0.233 e. The van der Waals surface area contributed by atoms with Gasteiger partial charge in [-0.3, -0.25) is 9.89 Å². The first-order valence-corrected chi connectivity index (χ1v) is 8.77. The number of amides is 1. The van der Waals surface area contributed by atoms with E-state index in [2.05, 4.69) is 15.2 Å². The molecule has 0 aliphatic carbocycles. The summed E-state index contributed by atoms with van der Waals surface area (Å²) in [5.41, 5.74) is 0. The van der Waals surface area contributed by atoms with Crippen molar-refractivity contribution in [2.75, 3.05) is 18.8 Å². The molecule has 1 aliphatic heterocycles. The highest BCUT2D eigenvalue weighted by molar-refractivity contribution is 7.99. The van der Waals surface area contributed by atoms with Gasteiger partial charge >= 0.3 is 0 Å². The first kappa shape index (κ1) is 16.1. The van der Waals surface area contributed by atoms with Crippen LogP contribution in [0, 0.1) is 0 Å². The van der Waals surface area contributed by atoms with Crippen molar-refractivity contribution in [2.24, 2.45) is 0 Å². The number of carbonyl (C=O) groups excluding carboxylic acids is 1. The van der Waals surface area contributed by atoms with Crippen LogP contribution < -0.4 is 4.74 Å². The van der Waals surface area contributed by atoms with Gasteiger partial charge in [0.05, 0.1) is 5.75 Å². The van der Waals surface area contributed by atoms with Crippen LogP contribution in [0.3, 0.4) is 0 Å². The fraction of sp³-hybridized carbons (Fsp3) is 0.400. The van der Waals surface area contributed by atoms with E-state index in [4.69, 9.17) is 16.3 Å². The number of carbonyl (C=O) groups is 1. The molecule has 0 bridgehead atoms. The smallest absolute Gasteiger partial charge is 0.233 e. The minimum Gasteiger partial charge on any atom is -0.486 e. The van der Waals surface area contributed by atoms with Gasteiger partial charge in [-0.1, -0.05) is 23.4 Å². The van der Waals surface area contributed by atoms with Gasteiger partial charge in [0, 0.05) is 18.1 Å². The lowest BCUT2D eigenvalue weighted by Crippen LogP contribution is -2.29. The molecule has 23 heavy (non-hydrogen) atoms. The van der Waals surface area contributed by atoms with E-state index in [0.717, 1.165) is 25.9 Å². The minimum absolute atomic E-state index is 0.149. The summed E-state index contributed by atoms with van der Waals surface area (Å²) in [5.74, 6) is 1.85. The third-order valence-corrected chi connectivity index (χ3v) is 4.57. The van der Waals surface area contributed by atoms with Crippen LogP contribution in [-0.4, -0.2) is 44.8 Å². The topological polar surface area (TPSA) is 71.1 Å². The molecule has 2 heterocycles. The molecule has 1 N–H and O–H groups in total. The Balaban J connectivity index is 1.46. The normalized spacial score (nSPS) is 14.2. The summed E-state index contributed by atoms with van der Waals surface area (Å²) >= 11 is 7.16. The highest BCUT2D eigenvalue weighted by Gasteiger charge is 2.18. The van der Waals surface area contributed by atoms with Gasteiger partial charge in [0.15, 0.2) is 5.82 Å². The molecule has 1 aromatic heterocycles. The third-order valence-electron chi connectivity index (χ3n) is 3.48. The third kappa shape index (κ3) is 4.62. The number of aromatic nitrogens is 3. The Kier molecular flexibility index (Phi) is 5.40. The summed E-state index contributed by atoms with van der Waals surface area (Å²) in [5, 5.41) is 8.15. The quantitative estimate of drug-likeness (QED) is 0.809. The van der Waals surface area contributed by atoms with Crippen LogP contribution in [-0.2, 0) is 11.4 Å². The first-order chi connectivity index (χ1) is 11.2. The summed E-state index contributed by atoms with van der Waals surface area (Å²) in [7, 11) is 0. The largest absolute Gasteiger partial charge is 0.486 e. The number of rotatable bonds is 6. The number of hydrogen-bond donors (Lipinski definition) is 1. The molecule has 2 aromatic rings. The molecule has 1 amide bonds. The van der Waals surface area contributed by atoms with Crippen LogP contribution in [0.4, 0.5) is 0 Å². The summed E-state index contributed by atoms with van der Waals surface area (Å²) in [6.45, 7) is 2.02. The van der Waals surface area contributed by atoms with Gasteiger partial charge in [-0.15, -0.1) is 5.10 Å². The number of H-pyrrole nitrogens is 1. The highest BCUT2D eigenvalue weighted by atomic mass is 35.5. The van der Waals surface area contributed by atoms with E-state index in [1.807, 2.05) is 4.90 Å². The van der Waals surface area contributed by atoms with Crippen LogP contribution >= 0.6 is 23.4 Å². The van der Waals surface area contributed by atoms with Crippen molar-refractivity contribution < 1.29 is 9.53 Å². The Labute approximate surface area is 143 Å². The first-order valence-electron chi connectivity index (χ1n) is 7.41. The Morgan fingerprint density at radius 1 is 1.30 bits per heavy atom. The zero-order chi connectivity index (χ0) is 16.1. The van der Waals surface area contributed by atoms with Crippen molar-refractivity contribution in [2.45, 2.75) is 24.6 Å². The lowest BCUT2D eigenvalue weighted by molar-refractivity contribution is -0.127. The van der Waals surface area contributed by atoms with E-state index in [1.54, 1.807) is 24.3 Å². The lowest BCUT2D eigenvalue weighted by atomic mass is 10.3. The van der Waals surface area contributed by atoms with E-state index in [1.165, 1.54) is 11.8 Å². The number of aromatic amines is 1. The standard InChI is InChI=1S/C15H17ClN4O2S/c16-11-3-5-12(6-4-11)22-9-13-17-15(19-18-13)23-10-14(21)20-7-1-2-8-20/h3-6H,1-2,7-10H2,(H,17,18,19). The summed E-state index contributed by atoms with van der Waals surface area (Å²) in [6, 6.07) is 7.12. The highest BCUT2D eigenvalue weighted by Crippen LogP contribution is 2.18. The molecular formula is C15H17ClN4O2S. The Morgan fingerprint density at radius 2 is 2.04 bits per heavy atom. The molecule has 1 aromatic carbocycles. The summed E-state index contributed by atoms with van der Waals surface area (Å²) < 4.78 is 5.59. The van der Waals surface area contributed by atoms with Gasteiger partial charge in [0.1, 0.15) is 12.4 Å². The van der Waals surface area contributed by atoms with Gasteiger partial charge < -0.3 is 9.64 Å². The number of ether oxygens (including phenoxy) is 1. The average molecular weight is 353 g/mol. The number of likely N-dealkylation sites (tertiary alicyclic amines) is 1. The maximum absolute atomic E-state index is 12.0. The van der Waals surface area contributed by atoms with Gasteiger partial charge in [-0.05, 0) is 37.1 Å². The minimum atomic E-state index is 0.149. The number of halogens is 1. The van der Waals surface area contributed by atoms with Gasteiger partial charge in [-0.2, -0.15) is 0 Å². The molecule has 1 saturated heterocycles. The second kappa shape index (κ2) is 7.70. The van der Waals surface area contributed by atoms with Crippen molar-refractivity contribution in [3.8, 4) is 5.75 Å². The monoisotopic (exact) mass is 352 g/mol. The molecule has 1 fully saturated rings. The second-order valence-corrected chi connectivity index (χ2v) is 6.56. The van der Waals surface area contributed by atoms with Crippen molar-refractivity contribution in [1.29, 1.82) is 0 Å². The Morgan fingerprint density at radius 3 is 2.78 bits per heavy atom. The molecule has 6 nitrogen and oxygen atoms in total. The van der Waals surface area contributed by atoms with E-state index < -0.39 is 0 Å². The number of hydrogen-bond acceptors (Lipinski definition) is 5. The molecule has 0 saturated carbocycles. The molecule has 0 atom stereocenters. The van der Waals surface area contributed by atoms with E-state index in [-0.39, 0.29) is 12.5 Å². The average Bonchev–Trinajstić information content (AvgIpc) is 3.24. The fourth-order valence-corrected chi connectivity index (χ4v) is 3.12. The predicted molar refractivity (Wildman–Crippen MR) is 88.7 cm³/mol. The van der Waals surface area contributed by atoms with E-state index in [9.17, 15) is 4.79 Å². The summed E-state index contributed by atoms with van der Waals surface area (Å²) in [6.07, 6.45) is 2.20. The number of nitrogens with one attached hydrogen (secondary N) is 1. The molecule has 0 radical (unpaired) electrons. The lowest BCUT2D eigenvalue weighted by Gasteiger charge is -2.13. The van der Waals surface area contributed by atoms with Gasteiger partial charge in [0.2, 0.25) is 11.1 Å². The molecule has 0 spiro atoms. The van der Waals surface area contributed by atoms with Crippen LogP contribution in [0.15, 0.2) is 29.4 Å². The van der Waals surface area contributed by atoms with Crippen molar-refractivity contribution in [3.05, 3.63) is 35.1 Å². The van der Waals surface area contributed by atoms with Gasteiger partial charge in [0.25, 0.3) is 0 Å². The van der Waals surface area contributed by atoms with E-state index in [0.29, 0.717) is 27.5 Å². The zero-order valence-electron chi connectivity index (χ0n) is 12.5. The van der Waals surface area contributed by atoms with Crippen LogP contribution in [0.5, 0.6) is 5.75 Å². The van der Waals surface area contributed by atoms with Crippen molar-refractivity contribution in [1.82, 2.24) is 20.1 Å². The van der Waals surface area contributed by atoms with E-state index >= 15 is 0 Å². The zero-order valence-corrected chi connectivity index (χ0v) is 14.1. The van der Waals surface area contributed by atoms with Crippen molar-refractivity contribution >= 4 is 29.3 Å².